The summed E-state index contributed by atoms with van der Waals surface area (Å²) in [5.74, 6) is 8.09. The highest BCUT2D eigenvalue weighted by Gasteiger charge is 2.23. The lowest BCUT2D eigenvalue weighted by Crippen LogP contribution is -2.48. The van der Waals surface area contributed by atoms with Gasteiger partial charge in [0.2, 0.25) is 5.91 Å². The molecule has 186 valence electrons. The number of piperazine rings is 1. The van der Waals surface area contributed by atoms with Crippen molar-refractivity contribution >= 4 is 22.9 Å². The Kier molecular flexibility index (Phi) is 7.70. The average Bonchev–Trinajstić information content (AvgIpc) is 3.35. The Bertz CT molecular complexity index is 1250. The molecule has 5 rings (SSSR count). The van der Waals surface area contributed by atoms with Gasteiger partial charge in [0.1, 0.15) is 24.2 Å². The minimum absolute atomic E-state index is 0.0487. The number of nitrogens with zero attached hydrogens (tertiary/aromatic N) is 6. The molecule has 0 atom stereocenters. The van der Waals surface area contributed by atoms with Crippen LogP contribution in [0.2, 0.25) is 0 Å². The third kappa shape index (κ3) is 6.00. The number of para-hydroxylation sites is 1. The summed E-state index contributed by atoms with van der Waals surface area (Å²) in [6, 6.07) is 9.55. The zero-order valence-corrected chi connectivity index (χ0v) is 20.1. The monoisotopic (exact) mass is 487 g/mol. The highest BCUT2D eigenvalue weighted by atomic mass is 16.5. The number of nitrogens with one attached hydrogen (secondary N) is 1. The number of fused-ring (bicyclic) bond motifs is 1. The molecule has 0 unspecified atom stereocenters. The molecule has 0 aliphatic carbocycles. The number of benzene rings is 1. The standard InChI is InChI=1S/C26H29N7O3/c34-23(9-4-10-31-15-18-35-19-16-31)32-11-13-33(14-12-32)26-24-25(27-20-28-26)30-22(29-24)8-5-17-36-21-6-2-1-3-7-21/h1-4,6-7,9,20H,10-19H2,(H,27,28,29,30)/b9-4+. The summed E-state index contributed by atoms with van der Waals surface area (Å²) < 4.78 is 11.0. The van der Waals surface area contributed by atoms with Crippen molar-refractivity contribution in [1.29, 1.82) is 0 Å². The molecule has 2 aliphatic heterocycles. The van der Waals surface area contributed by atoms with Crippen LogP contribution in [-0.2, 0) is 9.53 Å². The van der Waals surface area contributed by atoms with Crippen LogP contribution in [0.5, 0.6) is 5.75 Å². The molecule has 1 amide bonds. The summed E-state index contributed by atoms with van der Waals surface area (Å²) in [6.45, 7) is 6.99. The number of carbonyl (C=O) groups excluding carboxylic acids is 1. The SMILES string of the molecule is O=C(/C=C/CN1CCOCC1)N1CCN(c2ncnc3nc(C#CCOc4ccccc4)[nH]c23)CC1. The van der Waals surface area contributed by atoms with Gasteiger partial charge < -0.3 is 24.3 Å². The van der Waals surface area contributed by atoms with Gasteiger partial charge in [0.25, 0.3) is 0 Å². The minimum atomic E-state index is 0.0487. The van der Waals surface area contributed by atoms with Crippen LogP contribution >= 0.6 is 0 Å². The van der Waals surface area contributed by atoms with Crippen molar-refractivity contribution in [3.05, 3.63) is 54.6 Å². The molecule has 2 saturated heterocycles. The number of H-pyrrole nitrogens is 1. The van der Waals surface area contributed by atoms with E-state index in [-0.39, 0.29) is 12.5 Å². The van der Waals surface area contributed by atoms with Crippen molar-refractivity contribution in [2.75, 3.05) is 70.5 Å². The number of hydrogen-bond donors (Lipinski definition) is 1. The molecule has 0 radical (unpaired) electrons. The van der Waals surface area contributed by atoms with Crippen LogP contribution in [-0.4, -0.2) is 101 Å². The molecule has 2 aromatic heterocycles. The normalized spacial score (nSPS) is 16.8. The minimum Gasteiger partial charge on any atom is -0.481 e. The number of aromatic amines is 1. The van der Waals surface area contributed by atoms with Gasteiger partial charge in [-0.1, -0.05) is 30.2 Å². The molecule has 10 heteroatoms. The van der Waals surface area contributed by atoms with E-state index in [1.807, 2.05) is 41.3 Å². The van der Waals surface area contributed by atoms with Gasteiger partial charge in [-0.15, -0.1) is 0 Å². The fourth-order valence-corrected chi connectivity index (χ4v) is 4.20. The second kappa shape index (κ2) is 11.7. The zero-order valence-electron chi connectivity index (χ0n) is 20.1. The molecule has 0 spiro atoms. The third-order valence-electron chi connectivity index (χ3n) is 6.15. The van der Waals surface area contributed by atoms with Gasteiger partial charge in [-0.2, -0.15) is 0 Å². The molecule has 2 aliphatic rings. The first-order valence-electron chi connectivity index (χ1n) is 12.1. The number of carbonyl (C=O) groups is 1. The van der Waals surface area contributed by atoms with Crippen LogP contribution in [0, 0.1) is 11.8 Å². The topological polar surface area (TPSA) is 99.7 Å². The summed E-state index contributed by atoms with van der Waals surface area (Å²) in [7, 11) is 0. The van der Waals surface area contributed by atoms with Gasteiger partial charge in [-0.3, -0.25) is 9.69 Å². The van der Waals surface area contributed by atoms with Gasteiger partial charge >= 0.3 is 0 Å². The number of morpholine rings is 1. The van der Waals surface area contributed by atoms with Crippen LogP contribution < -0.4 is 9.64 Å². The van der Waals surface area contributed by atoms with Gasteiger partial charge in [-0.05, 0) is 18.1 Å². The van der Waals surface area contributed by atoms with Gasteiger partial charge in [0.15, 0.2) is 17.3 Å². The van der Waals surface area contributed by atoms with E-state index < -0.39 is 0 Å². The van der Waals surface area contributed by atoms with Crippen molar-refractivity contribution in [1.82, 2.24) is 29.7 Å². The molecule has 3 aromatic rings. The van der Waals surface area contributed by atoms with E-state index in [9.17, 15) is 4.79 Å². The fraction of sp³-hybridized carbons (Fsp3) is 0.385. The first-order valence-corrected chi connectivity index (χ1v) is 12.1. The van der Waals surface area contributed by atoms with Gasteiger partial charge in [-0.25, -0.2) is 15.0 Å². The molecule has 1 aromatic carbocycles. The number of anilines is 1. The predicted octanol–water partition coefficient (Wildman–Crippen LogP) is 1.32. The molecular formula is C26H29N7O3. The number of amides is 1. The van der Waals surface area contributed by atoms with Crippen molar-refractivity contribution in [2.24, 2.45) is 0 Å². The van der Waals surface area contributed by atoms with E-state index in [2.05, 4.69) is 41.6 Å². The number of hydrogen-bond acceptors (Lipinski definition) is 8. The Morgan fingerprint density at radius 2 is 1.89 bits per heavy atom. The average molecular weight is 488 g/mol. The zero-order chi connectivity index (χ0) is 24.6. The molecule has 0 bridgehead atoms. The van der Waals surface area contributed by atoms with Crippen LogP contribution in [0.1, 0.15) is 5.82 Å². The molecule has 4 heterocycles. The van der Waals surface area contributed by atoms with Crippen LogP contribution in [0.15, 0.2) is 48.8 Å². The lowest BCUT2D eigenvalue weighted by molar-refractivity contribution is -0.126. The summed E-state index contributed by atoms with van der Waals surface area (Å²) in [4.78, 5) is 35.4. The van der Waals surface area contributed by atoms with Crippen molar-refractivity contribution in [2.45, 2.75) is 0 Å². The Balaban J connectivity index is 1.16. The maximum atomic E-state index is 12.6. The molecular weight excluding hydrogens is 458 g/mol. The molecule has 10 nitrogen and oxygen atoms in total. The second-order valence-electron chi connectivity index (χ2n) is 8.51. The van der Waals surface area contributed by atoms with E-state index in [1.54, 1.807) is 6.08 Å². The van der Waals surface area contributed by atoms with Crippen molar-refractivity contribution in [3.8, 4) is 17.6 Å². The smallest absolute Gasteiger partial charge is 0.246 e. The fourth-order valence-electron chi connectivity index (χ4n) is 4.20. The lowest BCUT2D eigenvalue weighted by atomic mass is 10.3. The van der Waals surface area contributed by atoms with Crippen LogP contribution in [0.3, 0.4) is 0 Å². The number of ether oxygens (including phenoxy) is 2. The lowest BCUT2D eigenvalue weighted by Gasteiger charge is -2.35. The molecule has 0 saturated carbocycles. The van der Waals surface area contributed by atoms with Crippen molar-refractivity contribution in [3.63, 3.8) is 0 Å². The van der Waals surface area contributed by atoms with E-state index in [4.69, 9.17) is 9.47 Å². The largest absolute Gasteiger partial charge is 0.481 e. The molecule has 36 heavy (non-hydrogen) atoms. The van der Waals surface area contributed by atoms with Crippen LogP contribution in [0.25, 0.3) is 11.2 Å². The maximum absolute atomic E-state index is 12.6. The predicted molar refractivity (Wildman–Crippen MR) is 136 cm³/mol. The molecule has 1 N–H and O–H groups in total. The highest BCUT2D eigenvalue weighted by molar-refractivity contribution is 5.88. The Hall–Kier alpha value is -3.94. The Labute approximate surface area is 209 Å². The summed E-state index contributed by atoms with van der Waals surface area (Å²) in [6.07, 6.45) is 5.15. The van der Waals surface area contributed by atoms with Gasteiger partial charge in [0.05, 0.1) is 13.2 Å². The van der Waals surface area contributed by atoms with E-state index in [0.29, 0.717) is 37.7 Å². The molecule has 2 fully saturated rings. The van der Waals surface area contributed by atoms with Crippen LogP contribution in [0.4, 0.5) is 5.82 Å². The van der Waals surface area contributed by atoms with Gasteiger partial charge in [0, 0.05) is 51.9 Å². The number of aromatic nitrogens is 4. The van der Waals surface area contributed by atoms with Crippen molar-refractivity contribution < 1.29 is 14.3 Å². The highest BCUT2D eigenvalue weighted by Crippen LogP contribution is 2.22. The van der Waals surface area contributed by atoms with E-state index in [0.717, 1.165) is 49.9 Å². The Morgan fingerprint density at radius 3 is 2.69 bits per heavy atom. The Morgan fingerprint density at radius 1 is 1.08 bits per heavy atom. The first-order chi connectivity index (χ1) is 17.8. The number of imidazole rings is 1. The number of rotatable bonds is 6. The summed E-state index contributed by atoms with van der Waals surface area (Å²) in [5.41, 5.74) is 1.31. The maximum Gasteiger partial charge on any atom is 0.246 e. The van der Waals surface area contributed by atoms with E-state index >= 15 is 0 Å². The first kappa shape index (κ1) is 23.8. The second-order valence-corrected chi connectivity index (χ2v) is 8.51. The quantitative estimate of drug-likeness (QED) is 0.411. The summed E-state index contributed by atoms with van der Waals surface area (Å²) >= 11 is 0. The summed E-state index contributed by atoms with van der Waals surface area (Å²) in [5, 5.41) is 0. The van der Waals surface area contributed by atoms with E-state index in [1.165, 1.54) is 6.33 Å². The third-order valence-corrected chi connectivity index (χ3v) is 6.15.